The second-order valence-electron chi connectivity index (χ2n) is 5.28. The van der Waals surface area contributed by atoms with Crippen LogP contribution in [0.3, 0.4) is 0 Å². The van der Waals surface area contributed by atoms with Gasteiger partial charge in [0.25, 0.3) is 0 Å². The Labute approximate surface area is 125 Å². The summed E-state index contributed by atoms with van der Waals surface area (Å²) in [5.74, 6) is -0.476. The van der Waals surface area contributed by atoms with Gasteiger partial charge in [0, 0.05) is 18.3 Å². The fourth-order valence-corrected chi connectivity index (χ4v) is 2.63. The maximum atomic E-state index is 12.9. The van der Waals surface area contributed by atoms with Crippen LogP contribution >= 0.6 is 0 Å². The summed E-state index contributed by atoms with van der Waals surface area (Å²) in [7, 11) is 0. The molecule has 1 aliphatic heterocycles. The molecule has 3 rings (SSSR count). The summed E-state index contributed by atoms with van der Waals surface area (Å²) >= 11 is 0. The number of piperidine rings is 1. The molecule has 0 unspecified atom stereocenters. The predicted molar refractivity (Wildman–Crippen MR) is 77.6 cm³/mol. The van der Waals surface area contributed by atoms with E-state index in [1.165, 1.54) is 12.3 Å². The van der Waals surface area contributed by atoms with Crippen molar-refractivity contribution in [2.45, 2.75) is 31.9 Å². The number of anilines is 1. The van der Waals surface area contributed by atoms with Crippen molar-refractivity contribution in [2.24, 2.45) is 0 Å². The van der Waals surface area contributed by atoms with Gasteiger partial charge in [-0.05, 0) is 36.4 Å². The van der Waals surface area contributed by atoms with Gasteiger partial charge in [0.05, 0.1) is 5.52 Å². The van der Waals surface area contributed by atoms with Crippen LogP contribution < -0.4 is 10.6 Å². The van der Waals surface area contributed by atoms with Crippen LogP contribution in [-0.4, -0.2) is 22.4 Å². The van der Waals surface area contributed by atoms with Crippen LogP contribution in [0.15, 0.2) is 30.5 Å². The van der Waals surface area contributed by atoms with Crippen LogP contribution in [0.4, 0.5) is 14.5 Å². The molecule has 1 atom stereocenters. The number of nitrogens with one attached hydrogen (secondary N) is 2. The van der Waals surface area contributed by atoms with E-state index in [0.29, 0.717) is 35.9 Å². The maximum Gasteiger partial charge on any atom is 0.319 e. The highest BCUT2D eigenvalue weighted by atomic mass is 19.3. The second-order valence-corrected chi connectivity index (χ2v) is 5.28. The van der Waals surface area contributed by atoms with E-state index in [2.05, 4.69) is 10.6 Å². The molecule has 2 amide bonds. The minimum Gasteiger partial charge on any atom is -0.344 e. The van der Waals surface area contributed by atoms with Crippen LogP contribution in [0.2, 0.25) is 0 Å². The van der Waals surface area contributed by atoms with E-state index in [4.69, 9.17) is 0 Å². The van der Waals surface area contributed by atoms with E-state index in [9.17, 15) is 18.4 Å². The van der Waals surface area contributed by atoms with E-state index in [1.807, 2.05) is 0 Å². The Morgan fingerprint density at radius 3 is 2.91 bits per heavy atom. The van der Waals surface area contributed by atoms with Crippen molar-refractivity contribution in [1.29, 1.82) is 0 Å². The topological polar surface area (TPSA) is 63.1 Å². The fraction of sp³-hybridized carbons (Fsp3) is 0.333. The molecule has 7 heteroatoms. The van der Waals surface area contributed by atoms with Gasteiger partial charge in [-0.2, -0.15) is 8.78 Å². The van der Waals surface area contributed by atoms with Crippen molar-refractivity contribution in [3.8, 4) is 0 Å². The van der Waals surface area contributed by atoms with Crippen molar-refractivity contribution in [3.63, 3.8) is 0 Å². The summed E-state index contributed by atoms with van der Waals surface area (Å²) in [6.45, 7) is -2.64. The van der Waals surface area contributed by atoms with Crippen LogP contribution in [0.1, 0.15) is 25.8 Å². The monoisotopic (exact) mass is 307 g/mol. The quantitative estimate of drug-likeness (QED) is 0.915. The van der Waals surface area contributed by atoms with Gasteiger partial charge in [-0.3, -0.25) is 14.2 Å². The average Bonchev–Trinajstić information content (AvgIpc) is 2.90. The fourth-order valence-electron chi connectivity index (χ4n) is 2.63. The van der Waals surface area contributed by atoms with Crippen molar-refractivity contribution in [2.75, 3.05) is 5.32 Å². The maximum absolute atomic E-state index is 12.9. The van der Waals surface area contributed by atoms with Crippen molar-refractivity contribution in [3.05, 3.63) is 30.5 Å². The van der Waals surface area contributed by atoms with Crippen LogP contribution in [-0.2, 0) is 9.59 Å². The highest BCUT2D eigenvalue weighted by molar-refractivity contribution is 5.99. The first kappa shape index (κ1) is 14.5. The normalized spacial score (nSPS) is 18.5. The Balaban J connectivity index is 1.80. The molecule has 5 nitrogen and oxygen atoms in total. The number of aromatic nitrogens is 1. The second kappa shape index (κ2) is 5.75. The Hall–Kier alpha value is -2.44. The van der Waals surface area contributed by atoms with E-state index in [1.54, 1.807) is 18.2 Å². The number of hydrogen-bond acceptors (Lipinski definition) is 2. The molecule has 22 heavy (non-hydrogen) atoms. The molecule has 1 aliphatic rings. The summed E-state index contributed by atoms with van der Waals surface area (Å²) in [4.78, 5) is 23.4. The average molecular weight is 307 g/mol. The van der Waals surface area contributed by atoms with Gasteiger partial charge in [-0.15, -0.1) is 0 Å². The Kier molecular flexibility index (Phi) is 3.79. The molecule has 0 bridgehead atoms. The minimum absolute atomic E-state index is 0.145. The Bertz CT molecular complexity index is 727. The lowest BCUT2D eigenvalue weighted by molar-refractivity contribution is -0.128. The van der Waals surface area contributed by atoms with Gasteiger partial charge in [-0.1, -0.05) is 6.07 Å². The van der Waals surface area contributed by atoms with E-state index in [0.717, 1.165) is 4.57 Å². The van der Waals surface area contributed by atoms with Crippen LogP contribution in [0.5, 0.6) is 0 Å². The molecule has 2 aromatic rings. The van der Waals surface area contributed by atoms with Gasteiger partial charge in [-0.25, -0.2) is 0 Å². The first-order valence-electron chi connectivity index (χ1n) is 7.03. The van der Waals surface area contributed by atoms with Crippen molar-refractivity contribution in [1.82, 2.24) is 9.88 Å². The standard InChI is InChI=1S/C15H15F2N3O2/c16-15(17)20-7-6-9-4-5-10(8-12(9)20)18-14(22)11-2-1-3-13(21)19-11/h4-8,11,15H,1-3H2,(H,18,22)(H,19,21)/t11-/m1/s1. The number of nitrogens with zero attached hydrogens (tertiary/aromatic N) is 1. The number of alkyl halides is 2. The predicted octanol–water partition coefficient (Wildman–Crippen LogP) is 2.64. The third-order valence-electron chi connectivity index (χ3n) is 3.75. The van der Waals surface area contributed by atoms with Gasteiger partial charge in [0.1, 0.15) is 6.04 Å². The third kappa shape index (κ3) is 2.79. The zero-order chi connectivity index (χ0) is 15.7. The number of benzene rings is 1. The van der Waals surface area contributed by atoms with Crippen LogP contribution in [0.25, 0.3) is 10.9 Å². The highest BCUT2D eigenvalue weighted by Gasteiger charge is 2.24. The first-order chi connectivity index (χ1) is 10.5. The largest absolute Gasteiger partial charge is 0.344 e. The summed E-state index contributed by atoms with van der Waals surface area (Å²) in [5.41, 5.74) is 0.776. The van der Waals surface area contributed by atoms with Gasteiger partial charge in [0.2, 0.25) is 11.8 Å². The zero-order valence-electron chi connectivity index (χ0n) is 11.7. The molecule has 1 fully saturated rings. The summed E-state index contributed by atoms with van der Waals surface area (Å²) in [6, 6.07) is 5.85. The number of amides is 2. The summed E-state index contributed by atoms with van der Waals surface area (Å²) < 4.78 is 26.6. The molecule has 116 valence electrons. The third-order valence-corrected chi connectivity index (χ3v) is 3.75. The van der Waals surface area contributed by atoms with Crippen molar-refractivity contribution < 1.29 is 18.4 Å². The number of hydrogen-bond donors (Lipinski definition) is 2. The molecule has 2 heterocycles. The minimum atomic E-state index is -2.64. The smallest absolute Gasteiger partial charge is 0.319 e. The highest BCUT2D eigenvalue weighted by Crippen LogP contribution is 2.25. The lowest BCUT2D eigenvalue weighted by Gasteiger charge is -2.22. The lowest BCUT2D eigenvalue weighted by atomic mass is 10.0. The SMILES string of the molecule is O=C1CCC[C@H](C(=O)Nc2ccc3ccn(C(F)F)c3c2)N1. The van der Waals surface area contributed by atoms with Crippen molar-refractivity contribution >= 4 is 28.4 Å². The number of carbonyl (C=O) groups is 2. The number of carbonyl (C=O) groups excluding carboxylic acids is 2. The molecule has 1 aromatic heterocycles. The molecule has 0 radical (unpaired) electrons. The number of halogens is 2. The number of rotatable bonds is 3. The molecule has 0 saturated carbocycles. The van der Waals surface area contributed by atoms with Gasteiger partial charge < -0.3 is 10.6 Å². The molecule has 2 N–H and O–H groups in total. The van der Waals surface area contributed by atoms with E-state index in [-0.39, 0.29) is 11.8 Å². The number of fused-ring (bicyclic) bond motifs is 1. The lowest BCUT2D eigenvalue weighted by Crippen LogP contribution is -2.46. The molecule has 0 aliphatic carbocycles. The molecular weight excluding hydrogens is 292 g/mol. The van der Waals surface area contributed by atoms with Gasteiger partial charge >= 0.3 is 6.55 Å². The molecule has 1 saturated heterocycles. The molecule has 0 spiro atoms. The van der Waals surface area contributed by atoms with Crippen LogP contribution in [0, 0.1) is 0 Å². The van der Waals surface area contributed by atoms with Gasteiger partial charge in [0.15, 0.2) is 0 Å². The van der Waals surface area contributed by atoms with E-state index < -0.39 is 12.6 Å². The molecule has 1 aromatic carbocycles. The zero-order valence-corrected chi connectivity index (χ0v) is 11.7. The Morgan fingerprint density at radius 1 is 1.36 bits per heavy atom. The van der Waals surface area contributed by atoms with E-state index >= 15 is 0 Å². The Morgan fingerprint density at radius 2 is 2.18 bits per heavy atom. The summed E-state index contributed by atoms with van der Waals surface area (Å²) in [5, 5.41) is 5.96. The first-order valence-corrected chi connectivity index (χ1v) is 7.03. The molecular formula is C15H15F2N3O2. The summed E-state index contributed by atoms with van der Waals surface area (Å²) in [6.07, 6.45) is 2.98.